The molecule has 1 unspecified atom stereocenters. The molecular weight excluding hydrogens is 347 g/mol. The summed E-state index contributed by atoms with van der Waals surface area (Å²) in [6.45, 7) is 5.72. The molecule has 0 radical (unpaired) electrons. The summed E-state index contributed by atoms with van der Waals surface area (Å²) in [7, 11) is 0. The van der Waals surface area contributed by atoms with Crippen LogP contribution in [0.4, 0.5) is 9.18 Å². The van der Waals surface area contributed by atoms with Crippen molar-refractivity contribution < 1.29 is 18.7 Å². The molecule has 2 amide bonds. The van der Waals surface area contributed by atoms with Crippen LogP contribution >= 0.6 is 0 Å². The highest BCUT2D eigenvalue weighted by Gasteiger charge is 2.40. The Labute approximate surface area is 161 Å². The van der Waals surface area contributed by atoms with E-state index in [2.05, 4.69) is 12.2 Å². The maximum atomic E-state index is 12.9. The molecule has 0 saturated carbocycles. The maximum absolute atomic E-state index is 12.9. The first-order chi connectivity index (χ1) is 13.1. The maximum Gasteiger partial charge on any atom is 0.317 e. The molecule has 0 aromatic heterocycles. The van der Waals surface area contributed by atoms with E-state index in [0.717, 1.165) is 64.8 Å². The third-order valence-corrected chi connectivity index (χ3v) is 5.69. The fourth-order valence-electron chi connectivity index (χ4n) is 4.06. The molecule has 1 spiro atoms. The lowest BCUT2D eigenvalue weighted by atomic mass is 9.78. The molecular formula is C21H31FN2O3. The van der Waals surface area contributed by atoms with E-state index in [4.69, 9.17) is 9.47 Å². The summed E-state index contributed by atoms with van der Waals surface area (Å²) < 4.78 is 24.9. The molecule has 27 heavy (non-hydrogen) atoms. The van der Waals surface area contributed by atoms with Crippen LogP contribution in [-0.2, 0) is 4.74 Å². The summed E-state index contributed by atoms with van der Waals surface area (Å²) in [5.74, 6) is 1.03. The molecule has 1 aromatic carbocycles. The van der Waals surface area contributed by atoms with Crippen molar-refractivity contribution in [1.29, 1.82) is 0 Å². The number of carbonyl (C=O) groups excluding carboxylic acids is 1. The molecule has 2 aliphatic rings. The second-order valence-corrected chi connectivity index (χ2v) is 7.70. The monoisotopic (exact) mass is 378 g/mol. The third-order valence-electron chi connectivity index (χ3n) is 5.69. The van der Waals surface area contributed by atoms with Crippen LogP contribution in [0.2, 0.25) is 0 Å². The van der Waals surface area contributed by atoms with Gasteiger partial charge in [-0.15, -0.1) is 0 Å². The van der Waals surface area contributed by atoms with Crippen LogP contribution in [0.25, 0.3) is 0 Å². The highest BCUT2D eigenvalue weighted by Crippen LogP contribution is 2.38. The number of piperidine rings is 1. The number of urea groups is 1. The number of nitrogens with zero attached hydrogens (tertiary/aromatic N) is 1. The van der Waals surface area contributed by atoms with Gasteiger partial charge in [0.25, 0.3) is 0 Å². The fourth-order valence-corrected chi connectivity index (χ4v) is 4.06. The molecule has 150 valence electrons. The number of likely N-dealkylation sites (tertiary alicyclic amines) is 1. The topological polar surface area (TPSA) is 50.8 Å². The number of halogens is 1. The Hall–Kier alpha value is -1.82. The van der Waals surface area contributed by atoms with Crippen LogP contribution in [0.15, 0.2) is 24.3 Å². The summed E-state index contributed by atoms with van der Waals surface area (Å²) in [6.07, 6.45) is 5.82. The molecule has 0 bridgehead atoms. The zero-order valence-corrected chi connectivity index (χ0v) is 16.2. The number of carbonyl (C=O) groups is 1. The lowest BCUT2D eigenvalue weighted by Crippen LogP contribution is -2.53. The minimum atomic E-state index is -0.247. The van der Waals surface area contributed by atoms with Crippen molar-refractivity contribution in [2.24, 2.45) is 5.92 Å². The van der Waals surface area contributed by atoms with E-state index in [-0.39, 0.29) is 17.4 Å². The summed E-state index contributed by atoms with van der Waals surface area (Å²) in [4.78, 5) is 14.0. The zero-order valence-electron chi connectivity index (χ0n) is 16.2. The molecule has 1 aromatic rings. The molecule has 2 saturated heterocycles. The predicted molar refractivity (Wildman–Crippen MR) is 102 cm³/mol. The van der Waals surface area contributed by atoms with E-state index in [0.29, 0.717) is 18.3 Å². The van der Waals surface area contributed by atoms with Crippen molar-refractivity contribution in [2.75, 3.05) is 32.8 Å². The predicted octanol–water partition coefficient (Wildman–Crippen LogP) is 3.98. The fraction of sp³-hybridized carbons (Fsp3) is 0.667. The minimum absolute atomic E-state index is 0.0479. The van der Waals surface area contributed by atoms with Gasteiger partial charge in [-0.25, -0.2) is 9.18 Å². The second-order valence-electron chi connectivity index (χ2n) is 7.70. The smallest absolute Gasteiger partial charge is 0.317 e. The van der Waals surface area contributed by atoms with Gasteiger partial charge in [0.2, 0.25) is 0 Å². The molecule has 0 aliphatic carbocycles. The van der Waals surface area contributed by atoms with Gasteiger partial charge in [0, 0.05) is 26.2 Å². The molecule has 2 fully saturated rings. The minimum Gasteiger partial charge on any atom is -0.494 e. The molecule has 6 heteroatoms. The Balaban J connectivity index is 1.42. The van der Waals surface area contributed by atoms with Gasteiger partial charge in [0.05, 0.1) is 12.2 Å². The molecule has 2 heterocycles. The van der Waals surface area contributed by atoms with Gasteiger partial charge in [-0.1, -0.05) is 6.92 Å². The number of amides is 2. The van der Waals surface area contributed by atoms with Crippen LogP contribution < -0.4 is 10.1 Å². The van der Waals surface area contributed by atoms with Crippen LogP contribution in [0.5, 0.6) is 5.75 Å². The lowest BCUT2D eigenvalue weighted by Gasteiger charge is -2.46. The summed E-state index contributed by atoms with van der Waals surface area (Å²) >= 11 is 0. The van der Waals surface area contributed by atoms with E-state index in [1.807, 2.05) is 4.90 Å². The number of benzene rings is 1. The van der Waals surface area contributed by atoms with Crippen molar-refractivity contribution in [1.82, 2.24) is 10.2 Å². The van der Waals surface area contributed by atoms with Gasteiger partial charge in [0.15, 0.2) is 0 Å². The first-order valence-electron chi connectivity index (χ1n) is 10.2. The van der Waals surface area contributed by atoms with Crippen molar-refractivity contribution in [3.8, 4) is 5.75 Å². The SMILES string of the molecule is CCCNC(=O)N1CCC2(CC1)CC(CCOc1ccc(F)cc1)CCO2. The van der Waals surface area contributed by atoms with Crippen molar-refractivity contribution in [2.45, 2.75) is 51.0 Å². The zero-order chi connectivity index (χ0) is 19.1. The van der Waals surface area contributed by atoms with E-state index in [1.165, 1.54) is 12.1 Å². The van der Waals surface area contributed by atoms with E-state index >= 15 is 0 Å². The van der Waals surface area contributed by atoms with Gasteiger partial charge < -0.3 is 19.7 Å². The molecule has 1 atom stereocenters. The van der Waals surface area contributed by atoms with Gasteiger partial charge in [-0.3, -0.25) is 0 Å². The second kappa shape index (κ2) is 9.40. The van der Waals surface area contributed by atoms with E-state index < -0.39 is 0 Å². The van der Waals surface area contributed by atoms with Gasteiger partial charge in [-0.2, -0.15) is 0 Å². The Kier molecular flexibility index (Phi) is 6.94. The quantitative estimate of drug-likeness (QED) is 0.815. The third kappa shape index (κ3) is 5.58. The molecule has 5 nitrogen and oxygen atoms in total. The number of hydrogen-bond acceptors (Lipinski definition) is 3. The first-order valence-corrected chi connectivity index (χ1v) is 10.2. The Morgan fingerprint density at radius 1 is 1.33 bits per heavy atom. The van der Waals surface area contributed by atoms with Crippen LogP contribution in [-0.4, -0.2) is 49.4 Å². The van der Waals surface area contributed by atoms with Crippen LogP contribution in [0.1, 0.15) is 45.4 Å². The number of ether oxygens (including phenoxy) is 2. The number of rotatable bonds is 6. The largest absolute Gasteiger partial charge is 0.494 e. The lowest BCUT2D eigenvalue weighted by molar-refractivity contribution is -0.124. The number of hydrogen-bond donors (Lipinski definition) is 1. The number of nitrogens with one attached hydrogen (secondary N) is 1. The Bertz CT molecular complexity index is 600. The highest BCUT2D eigenvalue weighted by atomic mass is 19.1. The standard InChI is InChI=1S/C21H31FN2O3/c1-2-11-23-20(25)24-12-9-21(10-13-24)16-17(8-15-27-21)7-14-26-19-5-3-18(22)4-6-19/h3-6,17H,2,7-16H2,1H3,(H,23,25). The Morgan fingerprint density at radius 3 is 2.78 bits per heavy atom. The summed E-state index contributed by atoms with van der Waals surface area (Å²) in [5.41, 5.74) is -0.0830. The normalized spacial score (nSPS) is 21.9. The van der Waals surface area contributed by atoms with Gasteiger partial charge in [0.1, 0.15) is 11.6 Å². The summed E-state index contributed by atoms with van der Waals surface area (Å²) in [6, 6.07) is 6.22. The molecule has 3 rings (SSSR count). The highest BCUT2D eigenvalue weighted by molar-refractivity contribution is 5.74. The van der Waals surface area contributed by atoms with Crippen molar-refractivity contribution >= 4 is 6.03 Å². The van der Waals surface area contributed by atoms with Crippen LogP contribution in [0, 0.1) is 11.7 Å². The molecule has 2 aliphatic heterocycles. The summed E-state index contributed by atoms with van der Waals surface area (Å²) in [5, 5.41) is 2.96. The van der Waals surface area contributed by atoms with Crippen molar-refractivity contribution in [3.05, 3.63) is 30.1 Å². The van der Waals surface area contributed by atoms with E-state index in [1.54, 1.807) is 12.1 Å². The average molecular weight is 378 g/mol. The van der Waals surface area contributed by atoms with Gasteiger partial charge in [-0.05, 0) is 68.7 Å². The van der Waals surface area contributed by atoms with Crippen LogP contribution in [0.3, 0.4) is 0 Å². The molecule has 1 N–H and O–H groups in total. The van der Waals surface area contributed by atoms with E-state index in [9.17, 15) is 9.18 Å². The average Bonchev–Trinajstić information content (AvgIpc) is 2.68. The van der Waals surface area contributed by atoms with Gasteiger partial charge >= 0.3 is 6.03 Å². The Morgan fingerprint density at radius 2 is 2.07 bits per heavy atom. The first kappa shape index (κ1) is 19.9. The van der Waals surface area contributed by atoms with Crippen molar-refractivity contribution in [3.63, 3.8) is 0 Å².